The molecule has 5 heteroatoms. The van der Waals surface area contributed by atoms with Gasteiger partial charge < -0.3 is 20.3 Å². The second kappa shape index (κ2) is 6.75. The highest BCUT2D eigenvalue weighted by molar-refractivity contribution is 5.68. The number of nitrogens with one attached hydrogen (secondary N) is 2. The Bertz CT molecular complexity index is 378. The molecule has 0 bridgehead atoms. The highest BCUT2D eigenvalue weighted by Gasteiger charge is 2.34. The average Bonchev–Trinajstić information content (AvgIpc) is 2.34. The van der Waals surface area contributed by atoms with Crippen LogP contribution in [0.25, 0.3) is 0 Å². The third kappa shape index (κ3) is 5.43. The fraction of sp³-hybridized carbons (Fsp3) is 0.941. The average molecular weight is 311 g/mol. The third-order valence-corrected chi connectivity index (χ3v) is 4.87. The molecule has 0 spiro atoms. The molecule has 0 aromatic rings. The van der Waals surface area contributed by atoms with E-state index in [4.69, 9.17) is 4.74 Å². The lowest BCUT2D eigenvalue weighted by Gasteiger charge is -2.42. The molecule has 2 rings (SSSR count). The van der Waals surface area contributed by atoms with Crippen LogP contribution in [0.3, 0.4) is 0 Å². The van der Waals surface area contributed by atoms with Crippen molar-refractivity contribution in [1.29, 1.82) is 0 Å². The van der Waals surface area contributed by atoms with Gasteiger partial charge in [0.15, 0.2) is 0 Å². The van der Waals surface area contributed by atoms with Gasteiger partial charge in [-0.25, -0.2) is 4.79 Å². The van der Waals surface area contributed by atoms with Crippen LogP contribution in [-0.4, -0.2) is 55.4 Å². The number of nitrogens with zero attached hydrogens (tertiary/aromatic N) is 1. The van der Waals surface area contributed by atoms with Gasteiger partial charge in [-0.3, -0.25) is 0 Å². The van der Waals surface area contributed by atoms with E-state index in [0.29, 0.717) is 11.5 Å². The summed E-state index contributed by atoms with van der Waals surface area (Å²) in [7, 11) is 2.20. The number of carbonyl (C=O) groups is 1. The van der Waals surface area contributed by atoms with Gasteiger partial charge in [0.2, 0.25) is 0 Å². The predicted molar refractivity (Wildman–Crippen MR) is 89.0 cm³/mol. The van der Waals surface area contributed by atoms with Crippen molar-refractivity contribution in [3.05, 3.63) is 0 Å². The predicted octanol–water partition coefficient (Wildman–Crippen LogP) is 2.36. The van der Waals surface area contributed by atoms with Gasteiger partial charge in [-0.15, -0.1) is 0 Å². The number of hydrogen-bond donors (Lipinski definition) is 2. The van der Waals surface area contributed by atoms with Gasteiger partial charge in [0.25, 0.3) is 0 Å². The van der Waals surface area contributed by atoms with Crippen molar-refractivity contribution in [2.45, 2.75) is 71.1 Å². The Balaban J connectivity index is 1.60. The number of likely N-dealkylation sites (tertiary alicyclic amines) is 1. The zero-order chi connectivity index (χ0) is 16.4. The van der Waals surface area contributed by atoms with Gasteiger partial charge in [0.1, 0.15) is 5.60 Å². The molecule has 5 nitrogen and oxygen atoms in total. The first-order valence-corrected chi connectivity index (χ1v) is 8.57. The quantitative estimate of drug-likeness (QED) is 0.837. The molecule has 2 N–H and O–H groups in total. The Kier molecular flexibility index (Phi) is 5.38. The largest absolute Gasteiger partial charge is 0.444 e. The minimum Gasteiger partial charge on any atom is -0.444 e. The van der Waals surface area contributed by atoms with Crippen molar-refractivity contribution in [2.24, 2.45) is 5.41 Å². The summed E-state index contributed by atoms with van der Waals surface area (Å²) in [6.45, 7) is 11.5. The maximum absolute atomic E-state index is 11.7. The van der Waals surface area contributed by atoms with Crippen LogP contribution in [0.1, 0.15) is 53.4 Å². The molecule has 0 aromatic heterocycles. The minimum absolute atomic E-state index is 0.262. The minimum atomic E-state index is -0.422. The molecule has 1 amide bonds. The van der Waals surface area contributed by atoms with E-state index in [2.05, 4.69) is 29.5 Å². The molecule has 0 radical (unpaired) electrons. The summed E-state index contributed by atoms with van der Waals surface area (Å²) in [5.74, 6) is 0. The molecule has 1 aliphatic carbocycles. The summed E-state index contributed by atoms with van der Waals surface area (Å²) in [6, 6.07) is 0.800. The Morgan fingerprint density at radius 1 is 1.23 bits per heavy atom. The monoisotopic (exact) mass is 311 g/mol. The SMILES string of the molecule is CN1CCC(C)(CNC2CC(NC(=O)OC(C)(C)C)C2)CC1. The van der Waals surface area contributed by atoms with Crippen molar-refractivity contribution >= 4 is 6.09 Å². The van der Waals surface area contributed by atoms with Crippen LogP contribution >= 0.6 is 0 Å². The van der Waals surface area contributed by atoms with E-state index in [1.807, 2.05) is 20.8 Å². The second-order valence-electron chi connectivity index (χ2n) is 8.51. The first-order valence-electron chi connectivity index (χ1n) is 8.57. The van der Waals surface area contributed by atoms with Crippen LogP contribution in [0.2, 0.25) is 0 Å². The first-order chi connectivity index (χ1) is 10.2. The molecule has 2 fully saturated rings. The van der Waals surface area contributed by atoms with Crippen molar-refractivity contribution in [2.75, 3.05) is 26.7 Å². The van der Waals surface area contributed by atoms with Crippen LogP contribution in [0.5, 0.6) is 0 Å². The molecule has 128 valence electrons. The Hall–Kier alpha value is -0.810. The third-order valence-electron chi connectivity index (χ3n) is 4.87. The number of amides is 1. The van der Waals surface area contributed by atoms with E-state index < -0.39 is 5.60 Å². The van der Waals surface area contributed by atoms with Crippen molar-refractivity contribution < 1.29 is 9.53 Å². The number of carbonyl (C=O) groups excluding carboxylic acids is 1. The van der Waals surface area contributed by atoms with E-state index >= 15 is 0 Å². The molecular formula is C17H33N3O2. The molecule has 1 saturated carbocycles. The van der Waals surface area contributed by atoms with Gasteiger partial charge in [-0.2, -0.15) is 0 Å². The highest BCUT2D eigenvalue weighted by atomic mass is 16.6. The van der Waals surface area contributed by atoms with Gasteiger partial charge >= 0.3 is 6.09 Å². The Morgan fingerprint density at radius 2 is 1.82 bits per heavy atom. The van der Waals surface area contributed by atoms with Crippen LogP contribution < -0.4 is 10.6 Å². The molecule has 0 unspecified atom stereocenters. The van der Waals surface area contributed by atoms with E-state index in [9.17, 15) is 4.79 Å². The molecule has 0 aromatic carbocycles. The van der Waals surface area contributed by atoms with Crippen LogP contribution in [0.4, 0.5) is 4.79 Å². The van der Waals surface area contributed by atoms with Crippen molar-refractivity contribution in [3.8, 4) is 0 Å². The summed E-state index contributed by atoms with van der Waals surface area (Å²) in [5.41, 5.74) is 0.00437. The van der Waals surface area contributed by atoms with Gasteiger partial charge in [-0.05, 0) is 72.0 Å². The summed E-state index contributed by atoms with van der Waals surface area (Å²) in [5, 5.41) is 6.63. The number of rotatable bonds is 4. The molecule has 1 heterocycles. The lowest BCUT2D eigenvalue weighted by Crippen LogP contribution is -2.55. The summed E-state index contributed by atoms with van der Waals surface area (Å²) in [4.78, 5) is 14.1. The number of hydrogen-bond acceptors (Lipinski definition) is 4. The normalized spacial score (nSPS) is 28.8. The van der Waals surface area contributed by atoms with Crippen molar-refractivity contribution in [1.82, 2.24) is 15.5 Å². The van der Waals surface area contributed by atoms with Crippen LogP contribution in [-0.2, 0) is 4.74 Å². The molecule has 22 heavy (non-hydrogen) atoms. The summed E-state index contributed by atoms with van der Waals surface area (Å²) >= 11 is 0. The lowest BCUT2D eigenvalue weighted by molar-refractivity contribution is 0.0459. The van der Waals surface area contributed by atoms with Gasteiger partial charge in [0.05, 0.1) is 0 Å². The molecular weight excluding hydrogens is 278 g/mol. The summed E-state index contributed by atoms with van der Waals surface area (Å²) in [6.07, 6.45) is 4.26. The van der Waals surface area contributed by atoms with E-state index in [-0.39, 0.29) is 12.1 Å². The Morgan fingerprint density at radius 3 is 2.36 bits per heavy atom. The summed E-state index contributed by atoms with van der Waals surface area (Å²) < 4.78 is 5.29. The molecule has 1 aliphatic heterocycles. The van der Waals surface area contributed by atoms with Gasteiger partial charge in [0, 0.05) is 18.6 Å². The smallest absolute Gasteiger partial charge is 0.407 e. The number of ether oxygens (including phenoxy) is 1. The zero-order valence-corrected chi connectivity index (χ0v) is 14.9. The zero-order valence-electron chi connectivity index (χ0n) is 14.9. The van der Waals surface area contributed by atoms with Crippen LogP contribution in [0.15, 0.2) is 0 Å². The maximum atomic E-state index is 11.7. The molecule has 0 atom stereocenters. The lowest BCUT2D eigenvalue weighted by atomic mass is 9.79. The number of piperidine rings is 1. The van der Waals surface area contributed by atoms with E-state index in [1.165, 1.54) is 25.9 Å². The fourth-order valence-corrected chi connectivity index (χ4v) is 3.10. The molecule has 1 saturated heterocycles. The maximum Gasteiger partial charge on any atom is 0.407 e. The van der Waals surface area contributed by atoms with Crippen LogP contribution in [0, 0.1) is 5.41 Å². The van der Waals surface area contributed by atoms with E-state index in [1.54, 1.807) is 0 Å². The topological polar surface area (TPSA) is 53.6 Å². The van der Waals surface area contributed by atoms with Gasteiger partial charge in [-0.1, -0.05) is 6.92 Å². The Labute approximate surface area is 135 Å². The van der Waals surface area contributed by atoms with E-state index in [0.717, 1.165) is 19.4 Å². The van der Waals surface area contributed by atoms with Crippen molar-refractivity contribution in [3.63, 3.8) is 0 Å². The number of alkyl carbamates (subject to hydrolysis) is 1. The first kappa shape index (κ1) is 17.5. The standard InChI is InChI=1S/C17H33N3O2/c1-16(2,3)22-15(21)19-14-10-13(11-14)18-12-17(4)6-8-20(5)9-7-17/h13-14,18H,6-12H2,1-5H3,(H,19,21). The molecule has 2 aliphatic rings. The fourth-order valence-electron chi connectivity index (χ4n) is 3.10. The highest BCUT2D eigenvalue weighted by Crippen LogP contribution is 2.30. The second-order valence-corrected chi connectivity index (χ2v) is 8.51.